The van der Waals surface area contributed by atoms with Gasteiger partial charge in [0.25, 0.3) is 0 Å². The Bertz CT molecular complexity index is 575. The molecule has 13 heavy (non-hydrogen) atoms. The molecule has 0 radical (unpaired) electrons. The first-order valence-corrected chi connectivity index (χ1v) is 3.62. The SMILES string of the molecule is Cc1nn2c(=O)[nH]c(=O)nc2n1C. The van der Waals surface area contributed by atoms with Gasteiger partial charge in [0, 0.05) is 7.05 Å². The molecular weight excluding hydrogens is 174 g/mol. The Balaban J connectivity index is 3.12. The Morgan fingerprint density at radius 3 is 2.77 bits per heavy atom. The van der Waals surface area contributed by atoms with Crippen molar-refractivity contribution in [3.8, 4) is 0 Å². The van der Waals surface area contributed by atoms with Crippen molar-refractivity contribution in [2.75, 3.05) is 0 Å². The zero-order chi connectivity index (χ0) is 9.59. The molecule has 1 N–H and O–H groups in total. The molecular formula is C6H7N5O2. The number of nitrogens with one attached hydrogen (secondary N) is 1. The molecule has 0 aliphatic rings. The predicted molar refractivity (Wildman–Crippen MR) is 43.6 cm³/mol. The molecule has 0 spiro atoms. The van der Waals surface area contributed by atoms with Crippen molar-refractivity contribution in [1.82, 2.24) is 24.1 Å². The van der Waals surface area contributed by atoms with Gasteiger partial charge in [0.1, 0.15) is 5.82 Å². The van der Waals surface area contributed by atoms with Crippen molar-refractivity contribution in [3.05, 3.63) is 26.8 Å². The molecule has 7 heteroatoms. The topological polar surface area (TPSA) is 85.1 Å². The van der Waals surface area contributed by atoms with Crippen molar-refractivity contribution in [1.29, 1.82) is 0 Å². The highest BCUT2D eigenvalue weighted by atomic mass is 16.2. The van der Waals surface area contributed by atoms with Crippen LogP contribution in [-0.2, 0) is 7.05 Å². The van der Waals surface area contributed by atoms with Crippen LogP contribution in [0.5, 0.6) is 0 Å². The normalized spacial score (nSPS) is 10.9. The fraction of sp³-hybridized carbons (Fsp3) is 0.333. The lowest BCUT2D eigenvalue weighted by molar-refractivity contribution is 0.809. The molecule has 0 aromatic carbocycles. The maximum absolute atomic E-state index is 11.2. The van der Waals surface area contributed by atoms with Gasteiger partial charge >= 0.3 is 11.4 Å². The van der Waals surface area contributed by atoms with Crippen LogP contribution in [0.25, 0.3) is 5.78 Å². The molecule has 2 aromatic rings. The number of aryl methyl sites for hydroxylation is 2. The van der Waals surface area contributed by atoms with Crippen LogP contribution in [0.1, 0.15) is 5.82 Å². The van der Waals surface area contributed by atoms with E-state index >= 15 is 0 Å². The van der Waals surface area contributed by atoms with Crippen molar-refractivity contribution in [2.24, 2.45) is 7.05 Å². The van der Waals surface area contributed by atoms with Gasteiger partial charge in [-0.05, 0) is 6.92 Å². The van der Waals surface area contributed by atoms with Crippen LogP contribution in [0, 0.1) is 6.92 Å². The molecule has 0 fully saturated rings. The molecule has 2 heterocycles. The summed E-state index contributed by atoms with van der Waals surface area (Å²) in [5.41, 5.74) is -1.23. The third-order valence-corrected chi connectivity index (χ3v) is 1.83. The van der Waals surface area contributed by atoms with Gasteiger partial charge in [0.05, 0.1) is 0 Å². The molecule has 0 saturated heterocycles. The lowest BCUT2D eigenvalue weighted by Gasteiger charge is -1.91. The summed E-state index contributed by atoms with van der Waals surface area (Å²) in [5.74, 6) is 0.856. The molecule has 0 bridgehead atoms. The minimum atomic E-state index is -0.659. The minimum absolute atomic E-state index is 0.242. The van der Waals surface area contributed by atoms with E-state index in [2.05, 4.69) is 10.1 Å². The number of H-pyrrole nitrogens is 1. The zero-order valence-corrected chi connectivity index (χ0v) is 7.11. The molecule has 0 amide bonds. The first kappa shape index (κ1) is 7.71. The van der Waals surface area contributed by atoms with Gasteiger partial charge in [-0.15, -0.1) is 9.61 Å². The Kier molecular flexibility index (Phi) is 1.35. The van der Waals surface area contributed by atoms with E-state index in [4.69, 9.17) is 0 Å². The molecule has 0 atom stereocenters. The Morgan fingerprint density at radius 2 is 2.08 bits per heavy atom. The standard InChI is InChI=1S/C6H7N5O2/c1-3-9-11-5(10(3)2)7-4(12)8-6(11)13/h1-2H3,(H,8,12,13). The van der Waals surface area contributed by atoms with Crippen LogP contribution in [0.3, 0.4) is 0 Å². The summed E-state index contributed by atoms with van der Waals surface area (Å²) in [6.07, 6.45) is 0. The van der Waals surface area contributed by atoms with Crippen molar-refractivity contribution in [3.63, 3.8) is 0 Å². The summed E-state index contributed by atoms with van der Waals surface area (Å²) < 4.78 is 2.62. The van der Waals surface area contributed by atoms with Crippen LogP contribution in [0.15, 0.2) is 9.59 Å². The lowest BCUT2D eigenvalue weighted by atomic mass is 10.7. The van der Waals surface area contributed by atoms with E-state index in [1.165, 1.54) is 0 Å². The van der Waals surface area contributed by atoms with E-state index in [0.717, 1.165) is 4.52 Å². The van der Waals surface area contributed by atoms with E-state index in [9.17, 15) is 9.59 Å². The van der Waals surface area contributed by atoms with E-state index in [1.54, 1.807) is 18.5 Å². The fourth-order valence-corrected chi connectivity index (χ4v) is 1.07. The average molecular weight is 181 g/mol. The number of aromatic amines is 1. The highest BCUT2D eigenvalue weighted by Crippen LogP contribution is 1.94. The maximum atomic E-state index is 11.2. The maximum Gasteiger partial charge on any atom is 0.353 e. The van der Waals surface area contributed by atoms with Gasteiger partial charge < -0.3 is 0 Å². The number of rotatable bonds is 0. The van der Waals surface area contributed by atoms with Gasteiger partial charge in [-0.25, -0.2) is 9.59 Å². The number of hydrogen-bond donors (Lipinski definition) is 1. The van der Waals surface area contributed by atoms with Gasteiger partial charge in [-0.1, -0.05) is 0 Å². The van der Waals surface area contributed by atoms with Gasteiger partial charge in [0.15, 0.2) is 0 Å². The number of nitrogens with zero attached hydrogens (tertiary/aromatic N) is 4. The summed E-state index contributed by atoms with van der Waals surface area (Å²) in [6, 6.07) is 0. The van der Waals surface area contributed by atoms with Crippen LogP contribution in [-0.4, -0.2) is 24.1 Å². The second kappa shape index (κ2) is 2.28. The molecule has 0 aliphatic carbocycles. The van der Waals surface area contributed by atoms with Crippen molar-refractivity contribution in [2.45, 2.75) is 6.92 Å². The predicted octanol–water partition coefficient (Wildman–Crippen LogP) is -1.58. The lowest BCUT2D eigenvalue weighted by Crippen LogP contribution is -2.28. The Hall–Kier alpha value is -1.92. The molecule has 0 aliphatic heterocycles. The summed E-state index contributed by atoms with van der Waals surface area (Å²) in [7, 11) is 1.68. The number of hydrogen-bond acceptors (Lipinski definition) is 4. The molecule has 68 valence electrons. The quantitative estimate of drug-likeness (QED) is 0.531. The van der Waals surface area contributed by atoms with Crippen LogP contribution >= 0.6 is 0 Å². The van der Waals surface area contributed by atoms with E-state index in [1.807, 2.05) is 4.98 Å². The van der Waals surface area contributed by atoms with Crippen molar-refractivity contribution < 1.29 is 0 Å². The van der Waals surface area contributed by atoms with Gasteiger partial charge in [0.2, 0.25) is 5.78 Å². The fourth-order valence-electron chi connectivity index (χ4n) is 1.07. The van der Waals surface area contributed by atoms with E-state index < -0.39 is 11.4 Å². The van der Waals surface area contributed by atoms with Gasteiger partial charge in [-0.3, -0.25) is 9.55 Å². The van der Waals surface area contributed by atoms with Crippen LogP contribution in [0.2, 0.25) is 0 Å². The average Bonchev–Trinajstić information content (AvgIpc) is 2.32. The second-order valence-electron chi connectivity index (χ2n) is 2.67. The third kappa shape index (κ3) is 0.968. The molecule has 0 unspecified atom stereocenters. The van der Waals surface area contributed by atoms with Crippen LogP contribution < -0.4 is 11.4 Å². The number of fused-ring (bicyclic) bond motifs is 1. The minimum Gasteiger partial charge on any atom is -0.300 e. The Morgan fingerprint density at radius 1 is 1.38 bits per heavy atom. The number of aromatic nitrogens is 5. The van der Waals surface area contributed by atoms with Gasteiger partial charge in [-0.2, -0.15) is 4.98 Å². The Labute approximate surface area is 71.7 Å². The molecule has 7 nitrogen and oxygen atoms in total. The monoisotopic (exact) mass is 181 g/mol. The summed E-state index contributed by atoms with van der Waals surface area (Å²) in [5, 5.41) is 3.89. The first-order valence-electron chi connectivity index (χ1n) is 3.62. The van der Waals surface area contributed by atoms with E-state index in [-0.39, 0.29) is 5.78 Å². The summed E-state index contributed by atoms with van der Waals surface area (Å²) >= 11 is 0. The smallest absolute Gasteiger partial charge is 0.300 e. The highest BCUT2D eigenvalue weighted by Gasteiger charge is 2.07. The molecule has 2 aromatic heterocycles. The van der Waals surface area contributed by atoms with Crippen LogP contribution in [0.4, 0.5) is 0 Å². The first-order chi connectivity index (χ1) is 6.09. The highest BCUT2D eigenvalue weighted by molar-refractivity contribution is 5.25. The van der Waals surface area contributed by atoms with Crippen molar-refractivity contribution >= 4 is 5.78 Å². The van der Waals surface area contributed by atoms with E-state index in [0.29, 0.717) is 5.82 Å². The molecule has 2 rings (SSSR count). The summed E-state index contributed by atoms with van der Waals surface area (Å²) in [4.78, 5) is 27.6. The summed E-state index contributed by atoms with van der Waals surface area (Å²) in [6.45, 7) is 1.72. The largest absolute Gasteiger partial charge is 0.353 e. The second-order valence-corrected chi connectivity index (χ2v) is 2.67. The molecule has 0 saturated carbocycles. The zero-order valence-electron chi connectivity index (χ0n) is 7.11. The third-order valence-electron chi connectivity index (χ3n) is 1.83.